The lowest BCUT2D eigenvalue weighted by atomic mass is 10.0. The van der Waals surface area contributed by atoms with Crippen molar-refractivity contribution in [2.45, 2.75) is 45.3 Å². The summed E-state index contributed by atoms with van der Waals surface area (Å²) < 4.78 is 116. The third-order valence-electron chi connectivity index (χ3n) is 8.28. The Morgan fingerprint density at radius 3 is 1.08 bits per heavy atom. The van der Waals surface area contributed by atoms with Crippen LogP contribution in [0.2, 0.25) is 0 Å². The van der Waals surface area contributed by atoms with Crippen molar-refractivity contribution >= 4 is 19.7 Å². The van der Waals surface area contributed by atoms with Crippen LogP contribution in [0.25, 0.3) is 0 Å². The van der Waals surface area contributed by atoms with Gasteiger partial charge in [-0.15, -0.1) is 0 Å². The van der Waals surface area contributed by atoms with Gasteiger partial charge in [-0.3, -0.25) is 0 Å². The molecule has 0 heterocycles. The fraction of sp³-hybridized carbons (Fsp3) is 0.0976. The summed E-state index contributed by atoms with van der Waals surface area (Å²) in [6, 6.07) is 31.8. The molecule has 0 fully saturated rings. The lowest BCUT2D eigenvalue weighted by Crippen LogP contribution is -2.02. The molecule has 0 spiro atoms. The molecule has 270 valence electrons. The maximum atomic E-state index is 13.7. The maximum absolute atomic E-state index is 13.7. The van der Waals surface area contributed by atoms with Gasteiger partial charge in [0, 0.05) is 12.1 Å². The van der Waals surface area contributed by atoms with Crippen molar-refractivity contribution in [3.63, 3.8) is 0 Å². The molecule has 0 saturated carbocycles. The minimum Gasteiger partial charge on any atom is -0.219 e. The zero-order valence-electron chi connectivity index (χ0n) is 27.8. The van der Waals surface area contributed by atoms with Gasteiger partial charge in [-0.1, -0.05) is 36.4 Å². The van der Waals surface area contributed by atoms with Gasteiger partial charge < -0.3 is 0 Å². The summed E-state index contributed by atoms with van der Waals surface area (Å²) in [5.41, 5.74) is 2.86. The second-order valence-corrected chi connectivity index (χ2v) is 15.8. The van der Waals surface area contributed by atoms with Gasteiger partial charge in [-0.05, 0) is 133 Å². The largest absolute Gasteiger partial charge is 0.219 e. The highest BCUT2D eigenvalue weighted by atomic mass is 32.2. The van der Waals surface area contributed by atoms with Crippen molar-refractivity contribution < 1.29 is 38.8 Å². The monoisotopic (exact) mass is 759 g/mol. The lowest BCUT2D eigenvalue weighted by Gasteiger charge is -2.07. The summed E-state index contributed by atoms with van der Waals surface area (Å²) in [6.45, 7) is 0. The first-order valence-corrected chi connectivity index (χ1v) is 19.0. The Hall–Kier alpha value is -5.64. The normalized spacial score (nSPS) is 11.3. The van der Waals surface area contributed by atoms with Crippen molar-refractivity contribution in [2.24, 2.45) is 0 Å². The molecule has 0 unspecified atom stereocenters. The molecule has 12 heteroatoms. The van der Waals surface area contributed by atoms with E-state index in [1.54, 1.807) is 24.3 Å². The van der Waals surface area contributed by atoms with E-state index in [9.17, 15) is 38.8 Å². The molecule has 0 saturated heterocycles. The van der Waals surface area contributed by atoms with Crippen LogP contribution in [0.3, 0.4) is 0 Å². The minimum atomic E-state index is -3.72. The summed E-state index contributed by atoms with van der Waals surface area (Å²) in [4.78, 5) is 0.368. The molecule has 0 N–H and O–H groups in total. The van der Waals surface area contributed by atoms with E-state index in [1.165, 1.54) is 84.9 Å². The van der Waals surface area contributed by atoms with E-state index in [0.717, 1.165) is 35.4 Å². The van der Waals surface area contributed by atoms with Gasteiger partial charge in [-0.25, -0.2) is 38.8 Å². The van der Waals surface area contributed by atoms with Gasteiger partial charge >= 0.3 is 0 Å². The Balaban J connectivity index is 0.000000204. The van der Waals surface area contributed by atoms with Gasteiger partial charge in [0.1, 0.15) is 29.1 Å². The number of rotatable bonds is 10. The summed E-state index contributed by atoms with van der Waals surface area (Å²) in [6.07, 6.45) is 1.74. The number of sulfone groups is 2. The standard InChI is InChI=1S/C21H15F2NO2S.C20H15F3O2S/c22-18-8-7-17(21(23)13-18)6-1-15-2-9-19(10-3-15)27(25,26)20-11-4-16(14-24)5-12-20;21-16-7-11-19(12-8-16)26(24,25)18-9-2-14(3-10-18)1-4-15-5-6-17(22)13-20(15)23/h2-5,7-13H,1,6H2;2-3,5-13H,1,4H2. The molecule has 5 nitrogen and oxygen atoms in total. The predicted molar refractivity (Wildman–Crippen MR) is 189 cm³/mol. The van der Waals surface area contributed by atoms with E-state index in [1.807, 2.05) is 6.07 Å². The first kappa shape index (κ1) is 38.6. The molecule has 0 amide bonds. The Labute approximate surface area is 304 Å². The van der Waals surface area contributed by atoms with E-state index in [2.05, 4.69) is 0 Å². The van der Waals surface area contributed by atoms with Crippen LogP contribution in [0.15, 0.2) is 153 Å². The van der Waals surface area contributed by atoms with Crippen molar-refractivity contribution in [3.05, 3.63) is 190 Å². The zero-order chi connectivity index (χ0) is 38.2. The number of nitriles is 1. The predicted octanol–water partition coefficient (Wildman–Crippen LogP) is 9.18. The molecule has 0 aliphatic rings. The lowest BCUT2D eigenvalue weighted by molar-refractivity contribution is 0.570. The molecule has 53 heavy (non-hydrogen) atoms. The number of nitrogens with zero attached hydrogens (tertiary/aromatic N) is 1. The summed E-state index contributed by atoms with van der Waals surface area (Å²) in [5.74, 6) is -2.93. The van der Waals surface area contributed by atoms with Crippen LogP contribution in [0.1, 0.15) is 27.8 Å². The Morgan fingerprint density at radius 2 is 0.736 bits per heavy atom. The maximum Gasteiger partial charge on any atom is 0.206 e. The third-order valence-corrected chi connectivity index (χ3v) is 11.9. The summed E-state index contributed by atoms with van der Waals surface area (Å²) in [5, 5.41) is 8.80. The molecule has 0 bridgehead atoms. The molecule has 0 aliphatic heterocycles. The van der Waals surface area contributed by atoms with Gasteiger partial charge in [0.2, 0.25) is 19.7 Å². The van der Waals surface area contributed by atoms with Gasteiger partial charge in [0.25, 0.3) is 0 Å². The molecule has 6 aromatic carbocycles. The Morgan fingerprint density at radius 1 is 0.415 bits per heavy atom. The molecule has 0 aliphatic carbocycles. The summed E-state index contributed by atoms with van der Waals surface area (Å²) in [7, 11) is -7.39. The molecule has 0 radical (unpaired) electrons. The average Bonchev–Trinajstić information content (AvgIpc) is 3.15. The fourth-order valence-corrected chi connectivity index (χ4v) is 7.79. The second-order valence-electron chi connectivity index (χ2n) is 11.9. The third kappa shape index (κ3) is 9.83. The van der Waals surface area contributed by atoms with Crippen molar-refractivity contribution in [3.8, 4) is 6.07 Å². The van der Waals surface area contributed by atoms with Crippen molar-refractivity contribution in [2.75, 3.05) is 0 Å². The van der Waals surface area contributed by atoms with Gasteiger partial charge in [0.05, 0.1) is 31.2 Å². The molecular weight excluding hydrogens is 730 g/mol. The molecule has 6 rings (SSSR count). The van der Waals surface area contributed by atoms with E-state index in [0.29, 0.717) is 42.4 Å². The van der Waals surface area contributed by atoms with Gasteiger partial charge in [-0.2, -0.15) is 5.26 Å². The zero-order valence-corrected chi connectivity index (χ0v) is 29.4. The van der Waals surface area contributed by atoms with Crippen LogP contribution in [0.5, 0.6) is 0 Å². The number of aryl methyl sites for hydroxylation is 4. The number of hydrogen-bond acceptors (Lipinski definition) is 5. The van der Waals surface area contributed by atoms with E-state index in [-0.39, 0.29) is 19.6 Å². The van der Waals surface area contributed by atoms with E-state index < -0.39 is 48.8 Å². The van der Waals surface area contributed by atoms with Crippen LogP contribution < -0.4 is 0 Å². The Bertz CT molecular complexity index is 2470. The topological polar surface area (TPSA) is 92.1 Å². The van der Waals surface area contributed by atoms with Crippen molar-refractivity contribution in [1.29, 1.82) is 5.26 Å². The quantitative estimate of drug-likeness (QED) is 0.103. The second kappa shape index (κ2) is 16.8. The number of halogens is 5. The smallest absolute Gasteiger partial charge is 0.206 e. The molecule has 0 atom stereocenters. The minimum absolute atomic E-state index is 0.0139. The highest BCUT2D eigenvalue weighted by Gasteiger charge is 2.19. The SMILES string of the molecule is N#Cc1ccc(S(=O)(=O)c2ccc(CCc3ccc(F)cc3F)cc2)cc1.O=S(=O)(c1ccc(F)cc1)c1ccc(CCc2ccc(F)cc2F)cc1. The molecule has 6 aromatic rings. The molecule has 0 aromatic heterocycles. The first-order valence-electron chi connectivity index (χ1n) is 16.1. The van der Waals surface area contributed by atoms with E-state index >= 15 is 0 Å². The highest BCUT2D eigenvalue weighted by Crippen LogP contribution is 2.24. The number of benzene rings is 6. The van der Waals surface area contributed by atoms with Gasteiger partial charge in [0.15, 0.2) is 0 Å². The highest BCUT2D eigenvalue weighted by molar-refractivity contribution is 7.91. The van der Waals surface area contributed by atoms with Crippen molar-refractivity contribution in [1.82, 2.24) is 0 Å². The van der Waals surface area contributed by atoms with E-state index in [4.69, 9.17) is 5.26 Å². The summed E-state index contributed by atoms with van der Waals surface area (Å²) >= 11 is 0. The fourth-order valence-electron chi connectivity index (χ4n) is 5.27. The van der Waals surface area contributed by atoms with Crippen LogP contribution >= 0.6 is 0 Å². The van der Waals surface area contributed by atoms with Crippen LogP contribution in [-0.4, -0.2) is 16.8 Å². The van der Waals surface area contributed by atoms with Crippen LogP contribution in [0, 0.1) is 40.4 Å². The Kier molecular flexibility index (Phi) is 12.2. The van der Waals surface area contributed by atoms with Crippen LogP contribution in [0.4, 0.5) is 22.0 Å². The number of hydrogen-bond donors (Lipinski definition) is 0. The molecular formula is C41H30F5NO4S2. The van der Waals surface area contributed by atoms with Crippen LogP contribution in [-0.2, 0) is 45.4 Å². The average molecular weight is 760 g/mol. The first-order chi connectivity index (χ1) is 25.3.